The molecule has 0 atom stereocenters. The van der Waals surface area contributed by atoms with E-state index in [1.165, 1.54) is 24.3 Å². The van der Waals surface area contributed by atoms with Crippen LogP contribution >= 0.6 is 0 Å². The van der Waals surface area contributed by atoms with E-state index in [0.29, 0.717) is 31.9 Å². The number of ether oxygens (including phenoxy) is 1. The number of nitro benzene ring substituents is 1. The average molecular weight is 393 g/mol. The summed E-state index contributed by atoms with van der Waals surface area (Å²) in [5, 5.41) is 10.7. The highest BCUT2D eigenvalue weighted by Gasteiger charge is 2.22. The van der Waals surface area contributed by atoms with E-state index in [9.17, 15) is 14.9 Å². The largest absolute Gasteiger partial charge is 0.484 e. The van der Waals surface area contributed by atoms with Crippen molar-refractivity contribution in [3.05, 3.63) is 64.8 Å². The van der Waals surface area contributed by atoms with Crippen molar-refractivity contribution in [2.24, 2.45) is 0 Å². The number of amides is 1. The minimum Gasteiger partial charge on any atom is -0.484 e. The van der Waals surface area contributed by atoms with Crippen LogP contribution in [0, 0.1) is 10.1 Å². The monoisotopic (exact) mass is 393 g/mol. The van der Waals surface area contributed by atoms with Crippen LogP contribution in [-0.4, -0.2) is 58.5 Å². The Morgan fingerprint density at radius 2 is 1.72 bits per heavy atom. The summed E-state index contributed by atoms with van der Waals surface area (Å²) in [6.45, 7) is 2.36. The second-order valence-corrected chi connectivity index (χ2v) is 6.62. The van der Waals surface area contributed by atoms with Crippen molar-refractivity contribution in [1.82, 2.24) is 14.9 Å². The van der Waals surface area contributed by atoms with Crippen LogP contribution < -0.4 is 9.64 Å². The number of nitro groups is 1. The Morgan fingerprint density at radius 3 is 2.41 bits per heavy atom. The van der Waals surface area contributed by atoms with Gasteiger partial charge in [-0.2, -0.15) is 0 Å². The predicted octanol–water partition coefficient (Wildman–Crippen LogP) is 2.27. The first-order chi connectivity index (χ1) is 14.1. The van der Waals surface area contributed by atoms with Crippen molar-refractivity contribution in [2.75, 3.05) is 37.7 Å². The molecule has 0 unspecified atom stereocenters. The van der Waals surface area contributed by atoms with Gasteiger partial charge in [0, 0.05) is 38.3 Å². The summed E-state index contributed by atoms with van der Waals surface area (Å²) in [5.41, 5.74) is 1.69. The van der Waals surface area contributed by atoms with Crippen molar-refractivity contribution < 1.29 is 14.5 Å². The SMILES string of the molecule is O=C(COc1ccc([N+](=O)[O-])cc1)N1CCN(c2cnc3ccccc3n2)CC1. The van der Waals surface area contributed by atoms with Crippen LogP contribution in [0.1, 0.15) is 0 Å². The van der Waals surface area contributed by atoms with Gasteiger partial charge in [-0.25, -0.2) is 4.98 Å². The van der Waals surface area contributed by atoms with Crippen molar-refractivity contribution in [3.63, 3.8) is 0 Å². The van der Waals surface area contributed by atoms with Gasteiger partial charge in [0.1, 0.15) is 11.6 Å². The Hall–Kier alpha value is -3.75. The van der Waals surface area contributed by atoms with Gasteiger partial charge in [-0.1, -0.05) is 12.1 Å². The Morgan fingerprint density at radius 1 is 1.03 bits per heavy atom. The smallest absolute Gasteiger partial charge is 0.269 e. The van der Waals surface area contributed by atoms with Gasteiger partial charge in [0.15, 0.2) is 6.61 Å². The first-order valence-corrected chi connectivity index (χ1v) is 9.22. The topological polar surface area (TPSA) is 102 Å². The van der Waals surface area contributed by atoms with Gasteiger partial charge in [0.05, 0.1) is 22.2 Å². The minimum atomic E-state index is -0.478. The number of hydrogen-bond donors (Lipinski definition) is 0. The summed E-state index contributed by atoms with van der Waals surface area (Å²) in [7, 11) is 0. The van der Waals surface area contributed by atoms with Gasteiger partial charge in [0.2, 0.25) is 0 Å². The summed E-state index contributed by atoms with van der Waals surface area (Å²) in [6.07, 6.45) is 1.76. The molecule has 0 aliphatic carbocycles. The predicted molar refractivity (Wildman–Crippen MR) is 107 cm³/mol. The van der Waals surface area contributed by atoms with E-state index in [2.05, 4.69) is 14.9 Å². The molecule has 1 saturated heterocycles. The number of hydrogen-bond acceptors (Lipinski definition) is 7. The molecule has 3 aromatic rings. The maximum Gasteiger partial charge on any atom is 0.269 e. The highest BCUT2D eigenvalue weighted by atomic mass is 16.6. The second kappa shape index (κ2) is 8.09. The van der Waals surface area contributed by atoms with Gasteiger partial charge < -0.3 is 14.5 Å². The number of non-ortho nitro benzene ring substituents is 1. The van der Waals surface area contributed by atoms with Crippen molar-refractivity contribution in [2.45, 2.75) is 0 Å². The summed E-state index contributed by atoms with van der Waals surface area (Å²) in [5.74, 6) is 1.11. The number of carbonyl (C=O) groups excluding carboxylic acids is 1. The van der Waals surface area contributed by atoms with E-state index in [-0.39, 0.29) is 18.2 Å². The van der Waals surface area contributed by atoms with E-state index < -0.39 is 4.92 Å². The van der Waals surface area contributed by atoms with Crippen molar-refractivity contribution in [3.8, 4) is 5.75 Å². The zero-order valence-electron chi connectivity index (χ0n) is 15.6. The maximum atomic E-state index is 12.4. The lowest BCUT2D eigenvalue weighted by Gasteiger charge is -2.35. The molecule has 29 heavy (non-hydrogen) atoms. The maximum absolute atomic E-state index is 12.4. The lowest BCUT2D eigenvalue weighted by Crippen LogP contribution is -2.50. The zero-order valence-corrected chi connectivity index (χ0v) is 15.6. The zero-order chi connectivity index (χ0) is 20.2. The molecular formula is C20H19N5O4. The van der Waals surface area contributed by atoms with Crippen LogP contribution in [0.4, 0.5) is 11.5 Å². The number of anilines is 1. The molecule has 0 saturated carbocycles. The van der Waals surface area contributed by atoms with E-state index in [1.807, 2.05) is 24.3 Å². The first kappa shape index (κ1) is 18.6. The van der Waals surface area contributed by atoms with E-state index >= 15 is 0 Å². The highest BCUT2D eigenvalue weighted by Crippen LogP contribution is 2.19. The molecule has 0 spiro atoms. The minimum absolute atomic E-state index is 0.0170. The van der Waals surface area contributed by atoms with Crippen LogP contribution in [-0.2, 0) is 4.79 Å². The number of aromatic nitrogens is 2. The fourth-order valence-electron chi connectivity index (χ4n) is 3.19. The molecule has 1 aliphatic rings. The normalized spacial score (nSPS) is 14.1. The second-order valence-electron chi connectivity index (χ2n) is 6.62. The fourth-order valence-corrected chi connectivity index (χ4v) is 3.19. The third-order valence-corrected chi connectivity index (χ3v) is 4.80. The lowest BCUT2D eigenvalue weighted by molar-refractivity contribution is -0.384. The highest BCUT2D eigenvalue weighted by molar-refractivity contribution is 5.78. The number of carbonyl (C=O) groups is 1. The molecule has 1 fully saturated rings. The first-order valence-electron chi connectivity index (χ1n) is 9.22. The molecule has 4 rings (SSSR count). The van der Waals surface area contributed by atoms with Crippen LogP contribution in [0.15, 0.2) is 54.7 Å². The van der Waals surface area contributed by atoms with E-state index in [1.54, 1.807) is 11.1 Å². The van der Waals surface area contributed by atoms with Crippen LogP contribution in [0.3, 0.4) is 0 Å². The number of rotatable bonds is 5. The average Bonchev–Trinajstić information content (AvgIpc) is 2.77. The van der Waals surface area contributed by atoms with E-state index in [4.69, 9.17) is 4.74 Å². The third-order valence-electron chi connectivity index (χ3n) is 4.80. The summed E-state index contributed by atoms with van der Waals surface area (Å²) < 4.78 is 5.47. The van der Waals surface area contributed by atoms with Gasteiger partial charge in [-0.05, 0) is 24.3 Å². The van der Waals surface area contributed by atoms with Crippen LogP contribution in [0.2, 0.25) is 0 Å². The number of fused-ring (bicyclic) bond motifs is 1. The molecule has 0 N–H and O–H groups in total. The fraction of sp³-hybridized carbons (Fsp3) is 0.250. The molecule has 1 aromatic heterocycles. The van der Waals surface area contributed by atoms with Crippen molar-refractivity contribution in [1.29, 1.82) is 0 Å². The number of nitrogens with zero attached hydrogens (tertiary/aromatic N) is 5. The van der Waals surface area contributed by atoms with E-state index in [0.717, 1.165) is 16.9 Å². The molecule has 2 aromatic carbocycles. The summed E-state index contributed by atoms with van der Waals surface area (Å²) >= 11 is 0. The Bertz CT molecular complexity index is 1030. The molecule has 148 valence electrons. The molecule has 1 amide bonds. The molecular weight excluding hydrogens is 374 g/mol. The quantitative estimate of drug-likeness (QED) is 0.484. The number of piperazine rings is 1. The molecule has 9 nitrogen and oxygen atoms in total. The van der Waals surface area contributed by atoms with Gasteiger partial charge >= 0.3 is 0 Å². The lowest BCUT2D eigenvalue weighted by atomic mass is 10.3. The molecule has 1 aliphatic heterocycles. The number of benzene rings is 2. The van der Waals surface area contributed by atoms with Crippen molar-refractivity contribution >= 4 is 28.4 Å². The summed E-state index contributed by atoms with van der Waals surface area (Å²) in [6, 6.07) is 13.4. The Labute approximate surface area is 166 Å². The Balaban J connectivity index is 1.30. The van der Waals surface area contributed by atoms with Crippen LogP contribution in [0.5, 0.6) is 5.75 Å². The third kappa shape index (κ3) is 4.23. The van der Waals surface area contributed by atoms with Gasteiger partial charge in [0.25, 0.3) is 11.6 Å². The standard InChI is InChI=1S/C20H19N5O4/c26-20(14-29-16-7-5-15(6-8-16)25(27)28)24-11-9-23(10-12-24)19-13-21-17-3-1-2-4-18(17)22-19/h1-8,13H,9-12,14H2. The molecule has 0 bridgehead atoms. The molecule has 0 radical (unpaired) electrons. The van der Waals surface area contributed by atoms with Gasteiger partial charge in [-0.15, -0.1) is 0 Å². The Kier molecular flexibility index (Phi) is 5.19. The molecule has 9 heteroatoms. The molecule has 2 heterocycles. The number of para-hydroxylation sites is 2. The summed E-state index contributed by atoms with van der Waals surface area (Å²) in [4.78, 5) is 35.6. The van der Waals surface area contributed by atoms with Gasteiger partial charge in [-0.3, -0.25) is 19.9 Å². The van der Waals surface area contributed by atoms with Crippen LogP contribution in [0.25, 0.3) is 11.0 Å².